The molecule has 1 amide bonds. The van der Waals surface area contributed by atoms with E-state index in [4.69, 9.17) is 14.6 Å². The van der Waals surface area contributed by atoms with E-state index in [9.17, 15) is 15.0 Å². The van der Waals surface area contributed by atoms with Crippen molar-refractivity contribution in [2.45, 2.75) is 12.0 Å². The van der Waals surface area contributed by atoms with Crippen LogP contribution in [0.15, 0.2) is 60.9 Å². The number of hydrogen-bond acceptors (Lipinski definition) is 8. The van der Waals surface area contributed by atoms with Crippen LogP contribution in [0.1, 0.15) is 11.5 Å². The highest BCUT2D eigenvalue weighted by molar-refractivity contribution is 5.78. The first-order valence-corrected chi connectivity index (χ1v) is 10.7. The maximum absolute atomic E-state index is 12.8. The average Bonchev–Trinajstić information content (AvgIpc) is 3.14. The lowest BCUT2D eigenvalue weighted by molar-refractivity contribution is -0.132. The SMILES string of the molecule is O=C(COc1ccc(-n2cnnn2)cc1)N1C[C@@H](O)[C@@]2(C1)[C@H](CO)[C@H]2c1ccccc1.O=CO. The van der Waals surface area contributed by atoms with Crippen molar-refractivity contribution in [1.82, 2.24) is 25.1 Å². The lowest BCUT2D eigenvalue weighted by Crippen LogP contribution is -2.34. The zero-order chi connectivity index (χ0) is 24.1. The Hall–Kier alpha value is -3.83. The van der Waals surface area contributed by atoms with Gasteiger partial charge in [0, 0.05) is 25.1 Å². The summed E-state index contributed by atoms with van der Waals surface area (Å²) in [6.07, 6.45) is 0.822. The zero-order valence-corrected chi connectivity index (χ0v) is 18.2. The van der Waals surface area contributed by atoms with Crippen LogP contribution < -0.4 is 4.74 Å². The quantitative estimate of drug-likeness (QED) is 0.436. The van der Waals surface area contributed by atoms with Crippen LogP contribution in [0.5, 0.6) is 5.75 Å². The van der Waals surface area contributed by atoms with Gasteiger partial charge in [-0.3, -0.25) is 9.59 Å². The smallest absolute Gasteiger partial charge is 0.290 e. The molecule has 4 atom stereocenters. The summed E-state index contributed by atoms with van der Waals surface area (Å²) in [4.78, 5) is 22.8. The van der Waals surface area contributed by atoms with Gasteiger partial charge < -0.3 is 25.0 Å². The Morgan fingerprint density at radius 1 is 1.18 bits per heavy atom. The van der Waals surface area contributed by atoms with Crippen molar-refractivity contribution in [3.05, 3.63) is 66.5 Å². The second kappa shape index (κ2) is 9.98. The standard InChI is InChI=1S/C22H23N5O4.CH2O2/c28-11-18-21(15-4-2-1-3-5-15)22(18)13-26(10-19(22)29)20(30)12-31-17-8-6-16(7-9-17)27-14-23-24-25-27;2-1-3/h1-9,14,18-19,21,28-29H,10-13H2;1H,(H,2,3)/t18-,19-,21-,22-;/m1./s1. The number of aliphatic hydroxyl groups is 2. The normalized spacial score (nSPS) is 24.9. The first-order valence-electron chi connectivity index (χ1n) is 10.7. The number of carboxylic acid groups (broad SMARTS) is 1. The van der Waals surface area contributed by atoms with Crippen molar-refractivity contribution in [2.75, 3.05) is 26.3 Å². The first-order chi connectivity index (χ1) is 16.5. The number of rotatable bonds is 6. The number of amides is 1. The molecular formula is C23H25N5O6. The van der Waals surface area contributed by atoms with Crippen molar-refractivity contribution in [2.24, 2.45) is 11.3 Å². The lowest BCUT2D eigenvalue weighted by atomic mass is 9.95. The molecule has 1 aliphatic carbocycles. The molecule has 11 nitrogen and oxygen atoms in total. The molecular weight excluding hydrogens is 442 g/mol. The van der Waals surface area contributed by atoms with E-state index in [0.29, 0.717) is 12.3 Å². The van der Waals surface area contributed by atoms with Gasteiger partial charge in [-0.2, -0.15) is 0 Å². The molecule has 2 heterocycles. The number of β-amino-alcohol motifs (C(OH)–C–C–N with tert-alkyl or cyclic N) is 1. The van der Waals surface area contributed by atoms with Crippen LogP contribution in [0.3, 0.4) is 0 Å². The molecule has 1 saturated carbocycles. The molecule has 0 radical (unpaired) electrons. The summed E-state index contributed by atoms with van der Waals surface area (Å²) in [5, 5.41) is 38.6. The number of aromatic nitrogens is 4. The molecule has 2 aromatic carbocycles. The number of carbonyl (C=O) groups is 2. The molecule has 2 fully saturated rings. The molecule has 1 spiro atoms. The highest BCUT2D eigenvalue weighted by Crippen LogP contribution is 2.68. The summed E-state index contributed by atoms with van der Waals surface area (Å²) in [6, 6.07) is 17.0. The van der Waals surface area contributed by atoms with E-state index in [2.05, 4.69) is 15.5 Å². The van der Waals surface area contributed by atoms with Crippen LogP contribution in [0.25, 0.3) is 5.69 Å². The van der Waals surface area contributed by atoms with Gasteiger partial charge in [-0.15, -0.1) is 5.10 Å². The number of tetrazole rings is 1. The molecule has 2 aliphatic rings. The van der Waals surface area contributed by atoms with Crippen LogP contribution in [-0.2, 0) is 9.59 Å². The van der Waals surface area contributed by atoms with E-state index in [1.807, 2.05) is 30.3 Å². The number of hydrogen-bond donors (Lipinski definition) is 3. The summed E-state index contributed by atoms with van der Waals surface area (Å²) in [5.41, 5.74) is 1.39. The third-order valence-corrected chi connectivity index (χ3v) is 6.56. The minimum absolute atomic E-state index is 0.0111. The Labute approximate surface area is 195 Å². The molecule has 178 valence electrons. The van der Waals surface area contributed by atoms with E-state index in [0.717, 1.165) is 11.3 Å². The Morgan fingerprint density at radius 3 is 2.50 bits per heavy atom. The van der Waals surface area contributed by atoms with Crippen LogP contribution in [0.2, 0.25) is 0 Å². The average molecular weight is 467 g/mol. The van der Waals surface area contributed by atoms with E-state index >= 15 is 0 Å². The Kier molecular flexibility index (Phi) is 6.85. The van der Waals surface area contributed by atoms with Gasteiger partial charge in [-0.25, -0.2) is 4.68 Å². The van der Waals surface area contributed by atoms with Gasteiger partial charge in [0.25, 0.3) is 12.4 Å². The summed E-state index contributed by atoms with van der Waals surface area (Å²) in [5.74, 6) is 0.367. The molecule has 0 unspecified atom stereocenters. The van der Waals surface area contributed by atoms with E-state index in [1.54, 1.807) is 29.2 Å². The van der Waals surface area contributed by atoms with E-state index < -0.39 is 11.5 Å². The van der Waals surface area contributed by atoms with Gasteiger partial charge in [-0.1, -0.05) is 30.3 Å². The topological polar surface area (TPSA) is 151 Å². The Balaban J connectivity index is 0.000000868. The Bertz CT molecular complexity index is 1090. The van der Waals surface area contributed by atoms with Crippen molar-refractivity contribution in [3.8, 4) is 11.4 Å². The first kappa shape index (κ1) is 23.3. The number of likely N-dealkylation sites (tertiary alicyclic amines) is 1. The van der Waals surface area contributed by atoms with E-state index in [1.165, 1.54) is 11.0 Å². The molecule has 5 rings (SSSR count). The molecule has 3 aromatic rings. The Morgan fingerprint density at radius 2 is 1.88 bits per heavy atom. The minimum Gasteiger partial charge on any atom is -0.484 e. The third kappa shape index (κ3) is 4.35. The predicted octanol–water partition coefficient (Wildman–Crippen LogP) is 0.337. The molecule has 1 saturated heterocycles. The zero-order valence-electron chi connectivity index (χ0n) is 18.2. The van der Waals surface area contributed by atoms with Gasteiger partial charge in [0.1, 0.15) is 12.1 Å². The number of aliphatic hydroxyl groups excluding tert-OH is 2. The van der Waals surface area contributed by atoms with E-state index in [-0.39, 0.29) is 44.0 Å². The van der Waals surface area contributed by atoms with Gasteiger partial charge >= 0.3 is 0 Å². The molecule has 11 heteroatoms. The maximum Gasteiger partial charge on any atom is 0.290 e. The molecule has 0 bridgehead atoms. The highest BCUT2D eigenvalue weighted by atomic mass is 16.5. The highest BCUT2D eigenvalue weighted by Gasteiger charge is 2.71. The van der Waals surface area contributed by atoms with Gasteiger partial charge in [0.2, 0.25) is 0 Å². The van der Waals surface area contributed by atoms with Gasteiger partial charge in [0.05, 0.1) is 11.8 Å². The van der Waals surface area contributed by atoms with Crippen molar-refractivity contribution in [1.29, 1.82) is 0 Å². The second-order valence-corrected chi connectivity index (χ2v) is 8.22. The largest absolute Gasteiger partial charge is 0.484 e. The van der Waals surface area contributed by atoms with Crippen molar-refractivity contribution in [3.63, 3.8) is 0 Å². The second-order valence-electron chi connectivity index (χ2n) is 8.22. The van der Waals surface area contributed by atoms with Crippen LogP contribution in [0, 0.1) is 11.3 Å². The third-order valence-electron chi connectivity index (χ3n) is 6.56. The van der Waals surface area contributed by atoms with Crippen LogP contribution >= 0.6 is 0 Å². The van der Waals surface area contributed by atoms with Crippen LogP contribution in [-0.4, -0.2) is 85.2 Å². The monoisotopic (exact) mass is 467 g/mol. The minimum atomic E-state index is -0.672. The summed E-state index contributed by atoms with van der Waals surface area (Å²) < 4.78 is 7.18. The summed E-state index contributed by atoms with van der Waals surface area (Å²) in [6.45, 7) is 0.287. The van der Waals surface area contributed by atoms with Gasteiger partial charge in [0.15, 0.2) is 6.61 Å². The fourth-order valence-corrected chi connectivity index (χ4v) is 4.97. The maximum atomic E-state index is 12.8. The van der Waals surface area contributed by atoms with Crippen molar-refractivity contribution < 1.29 is 29.6 Å². The lowest BCUT2D eigenvalue weighted by Gasteiger charge is -2.17. The summed E-state index contributed by atoms with van der Waals surface area (Å²) >= 11 is 0. The molecule has 1 aliphatic heterocycles. The number of carbonyl (C=O) groups excluding carboxylic acids is 1. The summed E-state index contributed by atoms with van der Waals surface area (Å²) in [7, 11) is 0. The molecule has 3 N–H and O–H groups in total. The fourth-order valence-electron chi connectivity index (χ4n) is 4.97. The van der Waals surface area contributed by atoms with Crippen LogP contribution in [0.4, 0.5) is 0 Å². The molecule has 1 aromatic heterocycles. The fraction of sp³-hybridized carbons (Fsp3) is 0.348. The molecule has 34 heavy (non-hydrogen) atoms. The number of nitrogens with zero attached hydrogens (tertiary/aromatic N) is 5. The number of benzene rings is 2. The van der Waals surface area contributed by atoms with Crippen molar-refractivity contribution >= 4 is 12.4 Å². The predicted molar refractivity (Wildman–Crippen MR) is 118 cm³/mol. The van der Waals surface area contributed by atoms with Gasteiger partial charge in [-0.05, 0) is 52.1 Å². The number of ether oxygens (including phenoxy) is 1.